The average Bonchev–Trinajstić information content (AvgIpc) is 2.61. The monoisotopic (exact) mass is 377 g/mol. The van der Waals surface area contributed by atoms with Crippen molar-refractivity contribution < 1.29 is 9.66 Å². The summed E-state index contributed by atoms with van der Waals surface area (Å²) in [6.45, 7) is 0. The van der Waals surface area contributed by atoms with Gasteiger partial charge in [0.2, 0.25) is 0 Å². The standard InChI is InChI=1S/C15H15N5O3S2/c1-23-13-8-4-11(5-9-13)17-15(25)19-18-14(24)16-10-2-6-12(7-3-10)20(21)22/h2-9H,1H3,(H2,16,18,24)(H2,17,19,25). The van der Waals surface area contributed by atoms with Crippen LogP contribution in [0.5, 0.6) is 5.75 Å². The maximum atomic E-state index is 10.6. The first-order valence-corrected chi connectivity index (χ1v) is 7.82. The van der Waals surface area contributed by atoms with Gasteiger partial charge in [0.1, 0.15) is 5.75 Å². The van der Waals surface area contributed by atoms with Gasteiger partial charge in [-0.3, -0.25) is 21.0 Å². The van der Waals surface area contributed by atoms with E-state index in [0.29, 0.717) is 10.8 Å². The van der Waals surface area contributed by atoms with Crippen LogP contribution < -0.4 is 26.2 Å². The fraction of sp³-hybridized carbons (Fsp3) is 0.0667. The summed E-state index contributed by atoms with van der Waals surface area (Å²) in [5.41, 5.74) is 6.86. The molecule has 0 spiro atoms. The number of nitro benzene ring substituents is 1. The number of thiocarbonyl (C=S) groups is 2. The number of methoxy groups -OCH3 is 1. The Balaban J connectivity index is 1.78. The molecule has 8 nitrogen and oxygen atoms in total. The molecule has 0 saturated carbocycles. The maximum Gasteiger partial charge on any atom is 0.269 e. The van der Waals surface area contributed by atoms with Gasteiger partial charge in [-0.2, -0.15) is 0 Å². The molecule has 0 aliphatic rings. The highest BCUT2D eigenvalue weighted by atomic mass is 32.1. The largest absolute Gasteiger partial charge is 0.497 e. The summed E-state index contributed by atoms with van der Waals surface area (Å²) in [6.07, 6.45) is 0. The number of anilines is 2. The first kappa shape index (κ1) is 18.4. The molecule has 10 heteroatoms. The molecule has 0 heterocycles. The Hall–Kier alpha value is -2.98. The molecule has 0 fully saturated rings. The quantitative estimate of drug-likeness (QED) is 0.364. The summed E-state index contributed by atoms with van der Waals surface area (Å²) in [5.74, 6) is 0.746. The molecule has 0 atom stereocenters. The van der Waals surface area contributed by atoms with Crippen LogP contribution in [0.2, 0.25) is 0 Å². The van der Waals surface area contributed by atoms with Crippen molar-refractivity contribution in [1.29, 1.82) is 0 Å². The molecule has 2 rings (SSSR count). The summed E-state index contributed by atoms with van der Waals surface area (Å²) < 4.78 is 5.08. The first-order chi connectivity index (χ1) is 12.0. The Labute approximate surface area is 154 Å². The van der Waals surface area contributed by atoms with Crippen molar-refractivity contribution in [3.05, 3.63) is 58.6 Å². The molecule has 0 unspecified atom stereocenters. The van der Waals surface area contributed by atoms with E-state index in [0.717, 1.165) is 11.4 Å². The number of hydrazine groups is 1. The maximum absolute atomic E-state index is 10.6. The predicted octanol–water partition coefficient (Wildman–Crippen LogP) is 2.79. The van der Waals surface area contributed by atoms with E-state index in [1.54, 1.807) is 31.4 Å². The van der Waals surface area contributed by atoms with E-state index in [1.807, 2.05) is 12.1 Å². The van der Waals surface area contributed by atoms with Gasteiger partial charge in [-0.25, -0.2) is 0 Å². The van der Waals surface area contributed by atoms with Crippen LogP contribution in [-0.2, 0) is 0 Å². The van der Waals surface area contributed by atoms with Gasteiger partial charge in [0.15, 0.2) is 10.2 Å². The fourth-order valence-electron chi connectivity index (χ4n) is 1.78. The Kier molecular flexibility index (Phi) is 6.43. The van der Waals surface area contributed by atoms with Crippen LogP contribution in [0.3, 0.4) is 0 Å². The molecule has 0 saturated heterocycles. The van der Waals surface area contributed by atoms with Crippen molar-refractivity contribution in [3.8, 4) is 5.75 Å². The number of hydrogen-bond acceptors (Lipinski definition) is 5. The number of nitrogens with zero attached hydrogens (tertiary/aromatic N) is 1. The summed E-state index contributed by atoms with van der Waals surface area (Å²) in [7, 11) is 1.59. The SMILES string of the molecule is COc1ccc(NC(=S)NNC(=S)Nc2ccc([N+](=O)[O-])cc2)cc1. The molecule has 25 heavy (non-hydrogen) atoms. The van der Waals surface area contributed by atoms with Crippen molar-refractivity contribution in [2.24, 2.45) is 0 Å². The molecule has 2 aromatic rings. The molecule has 0 bridgehead atoms. The number of nitrogens with one attached hydrogen (secondary N) is 4. The second-order valence-corrected chi connectivity index (χ2v) is 5.51. The molecule has 0 aliphatic heterocycles. The van der Waals surface area contributed by atoms with Crippen LogP contribution in [0, 0.1) is 10.1 Å². The van der Waals surface area contributed by atoms with E-state index in [-0.39, 0.29) is 10.8 Å². The third-order valence-corrected chi connectivity index (χ3v) is 3.38. The molecular weight excluding hydrogens is 362 g/mol. The molecule has 4 N–H and O–H groups in total. The average molecular weight is 377 g/mol. The van der Waals surface area contributed by atoms with Crippen LogP contribution in [0.15, 0.2) is 48.5 Å². The van der Waals surface area contributed by atoms with Crippen LogP contribution in [0.25, 0.3) is 0 Å². The number of rotatable bonds is 4. The van der Waals surface area contributed by atoms with E-state index >= 15 is 0 Å². The van der Waals surface area contributed by atoms with Gasteiger partial charge in [-0.05, 0) is 60.8 Å². The smallest absolute Gasteiger partial charge is 0.269 e. The van der Waals surface area contributed by atoms with Crippen LogP contribution in [0.1, 0.15) is 0 Å². The summed E-state index contributed by atoms with van der Waals surface area (Å²) >= 11 is 10.3. The van der Waals surface area contributed by atoms with Crippen molar-refractivity contribution in [1.82, 2.24) is 10.9 Å². The lowest BCUT2D eigenvalue weighted by atomic mass is 10.3. The zero-order valence-corrected chi connectivity index (χ0v) is 14.7. The molecule has 2 aromatic carbocycles. The number of nitro groups is 1. The van der Waals surface area contributed by atoms with Crippen molar-refractivity contribution in [2.75, 3.05) is 17.7 Å². The van der Waals surface area contributed by atoms with Gasteiger partial charge in [-0.15, -0.1) is 0 Å². The third kappa shape index (κ3) is 5.86. The zero-order chi connectivity index (χ0) is 18.2. The fourth-order valence-corrected chi connectivity index (χ4v) is 2.12. The van der Waals surface area contributed by atoms with Gasteiger partial charge in [0.25, 0.3) is 5.69 Å². The minimum atomic E-state index is -0.467. The number of non-ortho nitro benzene ring substituents is 1. The Bertz CT molecular complexity index is 766. The zero-order valence-electron chi connectivity index (χ0n) is 13.1. The van der Waals surface area contributed by atoms with E-state index < -0.39 is 4.92 Å². The van der Waals surface area contributed by atoms with Crippen molar-refractivity contribution in [3.63, 3.8) is 0 Å². The van der Waals surface area contributed by atoms with Gasteiger partial charge < -0.3 is 15.4 Å². The van der Waals surface area contributed by atoms with E-state index in [4.69, 9.17) is 29.2 Å². The molecule has 130 valence electrons. The second kappa shape index (κ2) is 8.76. The summed E-state index contributed by atoms with van der Waals surface area (Å²) in [4.78, 5) is 10.1. The third-order valence-electron chi connectivity index (χ3n) is 2.97. The molecular formula is C15H15N5O3S2. The summed E-state index contributed by atoms with van der Waals surface area (Å²) in [6, 6.07) is 13.1. The van der Waals surface area contributed by atoms with Gasteiger partial charge in [0.05, 0.1) is 12.0 Å². The van der Waals surface area contributed by atoms with Gasteiger partial charge in [0, 0.05) is 23.5 Å². The highest BCUT2D eigenvalue weighted by Gasteiger charge is 2.05. The highest BCUT2D eigenvalue weighted by Crippen LogP contribution is 2.15. The minimum absolute atomic E-state index is 0.00687. The van der Waals surface area contributed by atoms with E-state index in [2.05, 4.69) is 21.5 Å². The molecule has 0 aromatic heterocycles. The summed E-state index contributed by atoms with van der Waals surface area (Å²) in [5, 5.41) is 17.0. The predicted molar refractivity (Wildman–Crippen MR) is 105 cm³/mol. The van der Waals surface area contributed by atoms with E-state index in [9.17, 15) is 10.1 Å². The van der Waals surface area contributed by atoms with Crippen LogP contribution in [0.4, 0.5) is 17.1 Å². The molecule has 0 aliphatic carbocycles. The number of ether oxygens (including phenoxy) is 1. The first-order valence-electron chi connectivity index (χ1n) is 7.00. The Morgan fingerprint density at radius 3 is 1.76 bits per heavy atom. The number of benzene rings is 2. The second-order valence-electron chi connectivity index (χ2n) is 4.69. The Morgan fingerprint density at radius 2 is 1.36 bits per heavy atom. The van der Waals surface area contributed by atoms with Crippen LogP contribution in [-0.4, -0.2) is 22.3 Å². The normalized spacial score (nSPS) is 9.64. The van der Waals surface area contributed by atoms with Crippen molar-refractivity contribution in [2.45, 2.75) is 0 Å². The molecule has 0 amide bonds. The lowest BCUT2D eigenvalue weighted by molar-refractivity contribution is -0.384. The van der Waals surface area contributed by atoms with Crippen molar-refractivity contribution >= 4 is 51.7 Å². The number of hydrogen-bond donors (Lipinski definition) is 4. The molecule has 0 radical (unpaired) electrons. The lowest BCUT2D eigenvalue weighted by Crippen LogP contribution is -2.45. The minimum Gasteiger partial charge on any atom is -0.497 e. The van der Waals surface area contributed by atoms with Gasteiger partial charge >= 0.3 is 0 Å². The topological polar surface area (TPSA) is 100 Å². The van der Waals surface area contributed by atoms with Gasteiger partial charge in [-0.1, -0.05) is 0 Å². The lowest BCUT2D eigenvalue weighted by Gasteiger charge is -2.14. The van der Waals surface area contributed by atoms with E-state index in [1.165, 1.54) is 12.1 Å². The Morgan fingerprint density at radius 1 is 0.920 bits per heavy atom. The highest BCUT2D eigenvalue weighted by molar-refractivity contribution is 7.81. The van der Waals surface area contributed by atoms with Crippen LogP contribution >= 0.6 is 24.4 Å².